The number of non-ortho nitro benzene ring substituents is 1. The number of carbonyl (C=O) groups is 3. The Morgan fingerprint density at radius 1 is 1.19 bits per heavy atom. The van der Waals surface area contributed by atoms with Crippen LogP contribution < -0.4 is 5.32 Å². The number of nitro benzene ring substituents is 1. The van der Waals surface area contributed by atoms with Gasteiger partial charge >= 0.3 is 12.1 Å². The minimum absolute atomic E-state index is 0.0241. The number of carbonyl (C=O) groups excluding carboxylic acids is 3. The number of benzene rings is 1. The summed E-state index contributed by atoms with van der Waals surface area (Å²) < 4.78 is 4.40. The van der Waals surface area contributed by atoms with Crippen molar-refractivity contribution < 1.29 is 24.0 Å². The SMILES string of the molecule is CC(=O)NC(C)=NC(=O)OC(=O)c1ccc([N+](=O)[O-])cc1. The first-order valence-corrected chi connectivity index (χ1v) is 5.63. The molecule has 0 unspecified atom stereocenters. The van der Waals surface area contributed by atoms with Crippen molar-refractivity contribution >= 4 is 29.5 Å². The highest BCUT2D eigenvalue weighted by atomic mass is 16.6. The van der Waals surface area contributed by atoms with Gasteiger partial charge in [0.2, 0.25) is 5.91 Å². The van der Waals surface area contributed by atoms with Crippen LogP contribution in [0.3, 0.4) is 0 Å². The number of hydrogen-bond acceptors (Lipinski definition) is 6. The van der Waals surface area contributed by atoms with E-state index in [9.17, 15) is 24.5 Å². The fraction of sp³-hybridized carbons (Fsp3) is 0.167. The summed E-state index contributed by atoms with van der Waals surface area (Å²) in [4.78, 5) is 46.7. The third-order valence-electron chi connectivity index (χ3n) is 2.11. The van der Waals surface area contributed by atoms with E-state index in [4.69, 9.17) is 0 Å². The molecule has 21 heavy (non-hydrogen) atoms. The molecule has 0 fully saturated rings. The van der Waals surface area contributed by atoms with E-state index in [0.717, 1.165) is 24.3 Å². The molecule has 0 atom stereocenters. The molecule has 0 radical (unpaired) electrons. The van der Waals surface area contributed by atoms with Crippen molar-refractivity contribution in [1.82, 2.24) is 5.32 Å². The molecule has 0 saturated carbocycles. The van der Waals surface area contributed by atoms with Crippen molar-refractivity contribution in [3.63, 3.8) is 0 Å². The zero-order valence-corrected chi connectivity index (χ0v) is 11.2. The minimum atomic E-state index is -1.20. The van der Waals surface area contributed by atoms with Crippen LogP contribution in [0, 0.1) is 10.1 Å². The van der Waals surface area contributed by atoms with Gasteiger partial charge in [-0.1, -0.05) is 0 Å². The second-order valence-corrected chi connectivity index (χ2v) is 3.84. The number of nitrogens with zero attached hydrogens (tertiary/aromatic N) is 2. The van der Waals surface area contributed by atoms with Gasteiger partial charge in [0.15, 0.2) is 0 Å². The molecule has 0 spiro atoms. The normalized spacial score (nSPS) is 10.7. The number of amidine groups is 1. The number of nitrogens with one attached hydrogen (secondary N) is 1. The Morgan fingerprint density at radius 3 is 2.24 bits per heavy atom. The van der Waals surface area contributed by atoms with Crippen LogP contribution >= 0.6 is 0 Å². The van der Waals surface area contributed by atoms with Crippen LogP contribution in [0.4, 0.5) is 10.5 Å². The summed E-state index contributed by atoms with van der Waals surface area (Å²) in [6.45, 7) is 2.57. The standard InChI is InChI=1S/C12H11N3O6/c1-7(13-8(2)16)14-12(18)21-11(17)9-3-5-10(6-4-9)15(19)20/h3-6H,1-2H3,(H,13,14,16,18). The van der Waals surface area contributed by atoms with Gasteiger partial charge in [0.1, 0.15) is 5.84 Å². The van der Waals surface area contributed by atoms with Crippen LogP contribution in [0.5, 0.6) is 0 Å². The average Bonchev–Trinajstić information content (AvgIpc) is 2.37. The van der Waals surface area contributed by atoms with Gasteiger partial charge in [0.05, 0.1) is 10.5 Å². The van der Waals surface area contributed by atoms with Crippen LogP contribution in [0.25, 0.3) is 0 Å². The van der Waals surface area contributed by atoms with Gasteiger partial charge in [-0.2, -0.15) is 4.99 Å². The fourth-order valence-corrected chi connectivity index (χ4v) is 1.30. The summed E-state index contributed by atoms with van der Waals surface area (Å²) in [5.41, 5.74) is -0.237. The predicted molar refractivity (Wildman–Crippen MR) is 70.8 cm³/mol. The molecule has 9 heteroatoms. The third-order valence-corrected chi connectivity index (χ3v) is 2.11. The van der Waals surface area contributed by atoms with Crippen molar-refractivity contribution in [2.75, 3.05) is 0 Å². The quantitative estimate of drug-likeness (QED) is 0.219. The van der Waals surface area contributed by atoms with Crippen molar-refractivity contribution in [3.05, 3.63) is 39.9 Å². The first kappa shape index (κ1) is 16.0. The second kappa shape index (κ2) is 6.89. The summed E-state index contributed by atoms with van der Waals surface area (Å²) in [5.74, 6) is -1.45. The summed E-state index contributed by atoms with van der Waals surface area (Å²) in [5, 5.41) is 12.7. The maximum absolute atomic E-state index is 11.6. The molecule has 0 aliphatic rings. The van der Waals surface area contributed by atoms with Gasteiger partial charge in [-0.15, -0.1) is 0 Å². The maximum Gasteiger partial charge on any atom is 0.443 e. The lowest BCUT2D eigenvalue weighted by molar-refractivity contribution is -0.384. The number of ether oxygens (including phenoxy) is 1. The molecule has 0 aliphatic carbocycles. The topological polar surface area (TPSA) is 128 Å². The van der Waals surface area contributed by atoms with Crippen LogP contribution in [0.1, 0.15) is 24.2 Å². The predicted octanol–water partition coefficient (Wildman–Crippen LogP) is 1.43. The van der Waals surface area contributed by atoms with Gasteiger partial charge in [0, 0.05) is 19.1 Å². The molecular formula is C12H11N3O6. The van der Waals surface area contributed by atoms with Crippen molar-refractivity contribution in [3.8, 4) is 0 Å². The molecule has 0 aliphatic heterocycles. The number of nitro groups is 1. The van der Waals surface area contributed by atoms with Gasteiger partial charge < -0.3 is 10.1 Å². The zero-order valence-electron chi connectivity index (χ0n) is 11.2. The Morgan fingerprint density at radius 2 is 1.76 bits per heavy atom. The lowest BCUT2D eigenvalue weighted by atomic mass is 10.2. The van der Waals surface area contributed by atoms with Crippen LogP contribution in [-0.4, -0.2) is 28.7 Å². The molecule has 1 aromatic rings. The maximum atomic E-state index is 11.6. The Balaban J connectivity index is 2.70. The molecule has 0 saturated heterocycles. The summed E-state index contributed by atoms with van der Waals surface area (Å²) in [7, 11) is 0. The molecule has 9 nitrogen and oxygen atoms in total. The smallest absolute Gasteiger partial charge is 0.371 e. The van der Waals surface area contributed by atoms with E-state index >= 15 is 0 Å². The molecule has 0 bridgehead atoms. The first-order valence-electron chi connectivity index (χ1n) is 5.63. The van der Waals surface area contributed by atoms with E-state index in [2.05, 4.69) is 15.0 Å². The molecule has 110 valence electrons. The minimum Gasteiger partial charge on any atom is -0.371 e. The highest BCUT2D eigenvalue weighted by molar-refractivity contribution is 6.03. The van der Waals surface area contributed by atoms with Crippen LogP contribution in [0.2, 0.25) is 0 Å². The highest BCUT2D eigenvalue weighted by Crippen LogP contribution is 2.12. The average molecular weight is 293 g/mol. The first-order chi connectivity index (χ1) is 9.79. The van der Waals surface area contributed by atoms with E-state index in [-0.39, 0.29) is 17.1 Å². The lowest BCUT2D eigenvalue weighted by Gasteiger charge is -2.01. The number of esters is 1. The van der Waals surface area contributed by atoms with E-state index in [1.807, 2.05) is 0 Å². The molecule has 2 amide bonds. The Hall–Kier alpha value is -3.10. The fourth-order valence-electron chi connectivity index (χ4n) is 1.30. The highest BCUT2D eigenvalue weighted by Gasteiger charge is 2.14. The molecule has 1 rings (SSSR count). The Kier molecular flexibility index (Phi) is 5.24. The van der Waals surface area contributed by atoms with Crippen molar-refractivity contribution in [2.45, 2.75) is 13.8 Å². The van der Waals surface area contributed by atoms with E-state index in [1.54, 1.807) is 0 Å². The number of hydrogen-bond donors (Lipinski definition) is 1. The molecule has 1 N–H and O–H groups in total. The van der Waals surface area contributed by atoms with Crippen LogP contribution in [0.15, 0.2) is 29.3 Å². The molecular weight excluding hydrogens is 282 g/mol. The van der Waals surface area contributed by atoms with E-state index < -0.39 is 22.9 Å². The number of amides is 2. The van der Waals surface area contributed by atoms with Crippen LogP contribution in [-0.2, 0) is 9.53 Å². The molecule has 0 heterocycles. The lowest BCUT2D eigenvalue weighted by Crippen LogP contribution is -2.26. The van der Waals surface area contributed by atoms with E-state index in [1.165, 1.54) is 13.8 Å². The largest absolute Gasteiger partial charge is 0.443 e. The van der Waals surface area contributed by atoms with Gasteiger partial charge in [0.25, 0.3) is 5.69 Å². The van der Waals surface area contributed by atoms with Gasteiger partial charge in [-0.3, -0.25) is 14.9 Å². The number of aliphatic imine (C=N–C) groups is 1. The number of rotatable bonds is 2. The second-order valence-electron chi connectivity index (χ2n) is 3.84. The van der Waals surface area contributed by atoms with Crippen molar-refractivity contribution in [2.24, 2.45) is 4.99 Å². The van der Waals surface area contributed by atoms with Crippen molar-refractivity contribution in [1.29, 1.82) is 0 Å². The monoisotopic (exact) mass is 293 g/mol. The third kappa shape index (κ3) is 5.19. The Labute approximate surface area is 118 Å². The summed E-state index contributed by atoms with van der Waals surface area (Å²) in [6.07, 6.45) is -1.20. The summed E-state index contributed by atoms with van der Waals surface area (Å²) in [6, 6.07) is 4.51. The zero-order chi connectivity index (χ0) is 16.0. The van der Waals surface area contributed by atoms with E-state index in [0.29, 0.717) is 0 Å². The summed E-state index contributed by atoms with van der Waals surface area (Å²) >= 11 is 0. The molecule has 1 aromatic carbocycles. The van der Waals surface area contributed by atoms with Gasteiger partial charge in [-0.25, -0.2) is 9.59 Å². The molecule has 0 aromatic heterocycles. The van der Waals surface area contributed by atoms with Gasteiger partial charge in [-0.05, 0) is 19.1 Å². The Bertz CT molecular complexity index is 620.